The van der Waals surface area contributed by atoms with Crippen LogP contribution in [-0.4, -0.2) is 16.0 Å². The minimum Gasteiger partial charge on any atom is -0.294 e. The fraction of sp³-hybridized carbons (Fsp3) is 0.444. The molecule has 1 unspecified atom stereocenters. The summed E-state index contributed by atoms with van der Waals surface area (Å²) in [6, 6.07) is 2.96. The van der Waals surface area contributed by atoms with Crippen LogP contribution in [0, 0.1) is 5.82 Å². The molecule has 128 valence electrons. The number of alkyl halides is 2. The van der Waals surface area contributed by atoms with E-state index in [0.717, 1.165) is 18.2 Å². The molecule has 0 aliphatic heterocycles. The fourth-order valence-electron chi connectivity index (χ4n) is 3.96. The Hall–Kier alpha value is -2.11. The second-order valence-electron chi connectivity index (χ2n) is 7.08. The Morgan fingerprint density at radius 1 is 1.42 bits per heavy atom. The molecule has 1 N–H and O–H groups in total. The predicted octanol–water partition coefficient (Wildman–Crippen LogP) is 4.70. The quantitative estimate of drug-likeness (QED) is 0.823. The number of Topliss-reactive ketones (excluding diaryl/α,β-unsaturated/α-hetero) is 1. The molecule has 0 saturated heterocycles. The molecular weight excluding hydrogens is 317 g/mol. The van der Waals surface area contributed by atoms with Crippen molar-refractivity contribution in [3.63, 3.8) is 0 Å². The van der Waals surface area contributed by atoms with Gasteiger partial charge in [0.25, 0.3) is 6.43 Å². The summed E-state index contributed by atoms with van der Waals surface area (Å²) in [6.07, 6.45) is -0.912. The van der Waals surface area contributed by atoms with E-state index in [1.807, 2.05) is 20.8 Å². The van der Waals surface area contributed by atoms with Crippen LogP contribution in [0.15, 0.2) is 18.3 Å². The third-order valence-electron chi connectivity index (χ3n) is 4.81. The zero-order valence-electron chi connectivity index (χ0n) is 13.8. The molecule has 3 rings (SSSR count). The molecule has 1 heterocycles. The number of H-pyrrole nitrogens is 1. The van der Waals surface area contributed by atoms with Crippen molar-refractivity contribution in [3.05, 3.63) is 52.1 Å². The van der Waals surface area contributed by atoms with Gasteiger partial charge in [0.15, 0.2) is 5.78 Å². The predicted molar refractivity (Wildman–Crippen MR) is 84.0 cm³/mol. The van der Waals surface area contributed by atoms with Crippen LogP contribution in [0.3, 0.4) is 0 Å². The Morgan fingerprint density at radius 2 is 2.12 bits per heavy atom. The van der Waals surface area contributed by atoms with E-state index in [9.17, 15) is 18.0 Å². The average molecular weight is 336 g/mol. The number of halogens is 3. The first-order valence-electron chi connectivity index (χ1n) is 7.88. The molecule has 1 aromatic carbocycles. The van der Waals surface area contributed by atoms with E-state index in [2.05, 4.69) is 10.2 Å². The van der Waals surface area contributed by atoms with Gasteiger partial charge in [0, 0.05) is 6.42 Å². The summed E-state index contributed by atoms with van der Waals surface area (Å²) in [5.74, 6) is -0.593. The standard InChI is InChI=1S/C18H19F3N2O/c1-9-7-18(2,3)15-12(19)5-4-10(14(9)15)6-13(24)11-8-22-23-16(11)17(20)21/h4-5,8-9,17H,6-7H2,1-3H3,(H,22,23). The SMILES string of the molecule is CC1CC(C)(C)c2c(F)ccc(CC(=O)c3cn[nH]c3C(F)F)c21. The number of hydrogen-bond acceptors (Lipinski definition) is 2. The lowest BCUT2D eigenvalue weighted by atomic mass is 9.85. The lowest BCUT2D eigenvalue weighted by molar-refractivity contribution is 0.0977. The summed E-state index contributed by atoms with van der Waals surface area (Å²) in [5, 5.41) is 5.72. The topological polar surface area (TPSA) is 45.8 Å². The third kappa shape index (κ3) is 2.64. The van der Waals surface area contributed by atoms with Crippen LogP contribution in [0.5, 0.6) is 0 Å². The van der Waals surface area contributed by atoms with E-state index in [1.165, 1.54) is 6.07 Å². The van der Waals surface area contributed by atoms with Gasteiger partial charge in [-0.1, -0.05) is 26.8 Å². The van der Waals surface area contributed by atoms with Crippen molar-refractivity contribution in [2.45, 2.75) is 51.4 Å². The van der Waals surface area contributed by atoms with Crippen LogP contribution < -0.4 is 0 Å². The zero-order chi connectivity index (χ0) is 17.6. The number of rotatable bonds is 4. The highest BCUT2D eigenvalue weighted by molar-refractivity contribution is 5.98. The number of ketones is 1. The summed E-state index contributed by atoms with van der Waals surface area (Å²) in [4.78, 5) is 12.5. The van der Waals surface area contributed by atoms with Crippen molar-refractivity contribution in [2.75, 3.05) is 0 Å². The number of aromatic amines is 1. The molecule has 1 aliphatic rings. The van der Waals surface area contributed by atoms with Crippen LogP contribution in [0.2, 0.25) is 0 Å². The molecule has 2 aromatic rings. The molecule has 1 aromatic heterocycles. The van der Waals surface area contributed by atoms with Gasteiger partial charge in [0.1, 0.15) is 11.5 Å². The lowest BCUT2D eigenvalue weighted by Crippen LogP contribution is -2.15. The number of carbonyl (C=O) groups excluding carboxylic acids is 1. The van der Waals surface area contributed by atoms with Crippen LogP contribution >= 0.6 is 0 Å². The van der Waals surface area contributed by atoms with Crippen LogP contribution in [-0.2, 0) is 11.8 Å². The molecule has 1 atom stereocenters. The van der Waals surface area contributed by atoms with Gasteiger partial charge in [-0.15, -0.1) is 0 Å². The molecule has 6 heteroatoms. The molecule has 0 spiro atoms. The number of carbonyl (C=O) groups is 1. The van der Waals surface area contributed by atoms with Crippen molar-refractivity contribution >= 4 is 5.78 Å². The molecule has 1 aliphatic carbocycles. The van der Waals surface area contributed by atoms with E-state index >= 15 is 0 Å². The average Bonchev–Trinajstić information content (AvgIpc) is 3.05. The minimum atomic E-state index is -2.79. The Kier molecular flexibility index (Phi) is 4.01. The van der Waals surface area contributed by atoms with E-state index in [1.54, 1.807) is 6.07 Å². The highest BCUT2D eigenvalue weighted by Crippen LogP contribution is 2.48. The number of aromatic nitrogens is 2. The van der Waals surface area contributed by atoms with Crippen molar-refractivity contribution in [3.8, 4) is 0 Å². The molecule has 0 amide bonds. The maximum atomic E-state index is 14.3. The Morgan fingerprint density at radius 3 is 2.79 bits per heavy atom. The van der Waals surface area contributed by atoms with Crippen LogP contribution in [0.25, 0.3) is 0 Å². The number of fused-ring (bicyclic) bond motifs is 1. The summed E-state index contributed by atoms with van der Waals surface area (Å²) < 4.78 is 40.2. The van der Waals surface area contributed by atoms with Crippen LogP contribution in [0.1, 0.15) is 72.3 Å². The van der Waals surface area contributed by atoms with Gasteiger partial charge >= 0.3 is 0 Å². The largest absolute Gasteiger partial charge is 0.294 e. The first-order chi connectivity index (χ1) is 11.2. The van der Waals surface area contributed by atoms with Crippen molar-refractivity contribution in [1.82, 2.24) is 10.2 Å². The zero-order valence-corrected chi connectivity index (χ0v) is 13.8. The lowest BCUT2D eigenvalue weighted by Gasteiger charge is -2.20. The first kappa shape index (κ1) is 16.7. The van der Waals surface area contributed by atoms with Crippen molar-refractivity contribution in [1.29, 1.82) is 0 Å². The van der Waals surface area contributed by atoms with Gasteiger partial charge < -0.3 is 0 Å². The summed E-state index contributed by atoms with van der Waals surface area (Å²) in [5.41, 5.74) is 1.31. The second-order valence-corrected chi connectivity index (χ2v) is 7.08. The highest BCUT2D eigenvalue weighted by atomic mass is 19.3. The molecule has 24 heavy (non-hydrogen) atoms. The molecule has 0 saturated carbocycles. The van der Waals surface area contributed by atoms with Crippen molar-refractivity contribution < 1.29 is 18.0 Å². The van der Waals surface area contributed by atoms with E-state index in [4.69, 9.17) is 0 Å². The van der Waals surface area contributed by atoms with Gasteiger partial charge in [-0.3, -0.25) is 9.89 Å². The smallest absolute Gasteiger partial charge is 0.280 e. The van der Waals surface area contributed by atoms with E-state index < -0.39 is 17.9 Å². The third-order valence-corrected chi connectivity index (χ3v) is 4.81. The summed E-state index contributed by atoms with van der Waals surface area (Å²) in [7, 11) is 0. The van der Waals surface area contributed by atoms with Gasteiger partial charge in [-0.2, -0.15) is 5.10 Å². The highest BCUT2D eigenvalue weighted by Gasteiger charge is 2.39. The second kappa shape index (κ2) is 5.76. The van der Waals surface area contributed by atoms with Crippen molar-refractivity contribution in [2.24, 2.45) is 0 Å². The van der Waals surface area contributed by atoms with Crippen LogP contribution in [0.4, 0.5) is 13.2 Å². The number of hydrogen-bond donors (Lipinski definition) is 1. The monoisotopic (exact) mass is 336 g/mol. The molecule has 0 fully saturated rings. The van der Waals surface area contributed by atoms with Gasteiger partial charge in [0.2, 0.25) is 0 Å². The van der Waals surface area contributed by atoms with E-state index in [0.29, 0.717) is 11.1 Å². The fourth-order valence-corrected chi connectivity index (χ4v) is 3.96. The Labute approximate surface area is 138 Å². The Balaban J connectivity index is 1.99. The molecular formula is C18H19F3N2O. The van der Waals surface area contributed by atoms with Gasteiger partial charge in [-0.05, 0) is 40.5 Å². The number of nitrogens with one attached hydrogen (secondary N) is 1. The Bertz CT molecular complexity index is 796. The minimum absolute atomic E-state index is 0.0394. The first-order valence-corrected chi connectivity index (χ1v) is 7.88. The van der Waals surface area contributed by atoms with Gasteiger partial charge in [0.05, 0.1) is 11.8 Å². The number of benzene rings is 1. The summed E-state index contributed by atoms with van der Waals surface area (Å²) in [6.45, 7) is 5.97. The van der Waals surface area contributed by atoms with Gasteiger partial charge in [-0.25, -0.2) is 13.2 Å². The normalized spacial score (nSPS) is 18.9. The molecule has 0 radical (unpaired) electrons. The number of nitrogens with zero attached hydrogens (tertiary/aromatic N) is 1. The van der Waals surface area contributed by atoms with E-state index in [-0.39, 0.29) is 29.1 Å². The maximum absolute atomic E-state index is 14.3. The molecule has 0 bridgehead atoms. The summed E-state index contributed by atoms with van der Waals surface area (Å²) >= 11 is 0. The molecule has 3 nitrogen and oxygen atoms in total. The maximum Gasteiger partial charge on any atom is 0.280 e.